The van der Waals surface area contributed by atoms with E-state index < -0.39 is 11.6 Å². The van der Waals surface area contributed by atoms with Gasteiger partial charge in [-0.1, -0.05) is 0 Å². The molecule has 0 radical (unpaired) electrons. The smallest absolute Gasteiger partial charge is 0.123 e. The topological polar surface area (TPSA) is 15.3 Å². The van der Waals surface area contributed by atoms with Gasteiger partial charge in [-0.15, -0.1) is 0 Å². The summed E-state index contributed by atoms with van der Waals surface area (Å²) >= 11 is 0. The third-order valence-electron chi connectivity index (χ3n) is 2.14. The number of rotatable bonds is 0. The van der Waals surface area contributed by atoms with Crippen LogP contribution in [0.15, 0.2) is 24.3 Å². The quantitative estimate of drug-likeness (QED) is 0.704. The van der Waals surface area contributed by atoms with Crippen molar-refractivity contribution in [3.05, 3.63) is 35.9 Å². The van der Waals surface area contributed by atoms with Crippen molar-refractivity contribution in [2.24, 2.45) is 0 Å². The van der Waals surface area contributed by atoms with Crippen LogP contribution in [0.4, 0.5) is 8.78 Å². The van der Waals surface area contributed by atoms with Crippen LogP contribution in [-0.2, 0) is 0 Å². The van der Waals surface area contributed by atoms with Crippen molar-refractivity contribution >= 4 is 0 Å². The predicted octanol–water partition coefficient (Wildman–Crippen LogP) is 1.49. The van der Waals surface area contributed by atoms with Gasteiger partial charge in [0.1, 0.15) is 11.6 Å². The molecule has 0 aromatic heterocycles. The molecule has 0 spiro atoms. The zero-order valence-electron chi connectivity index (χ0n) is 8.84. The Morgan fingerprint density at radius 1 is 1.00 bits per heavy atom. The maximum atomic E-state index is 11.9. The minimum absolute atomic E-state index is 0.411. The summed E-state index contributed by atoms with van der Waals surface area (Å²) in [5, 5.41) is 3.27. The Morgan fingerprint density at radius 3 is 1.67 bits per heavy atom. The number of likely N-dealkylation sites (N-methyl/N-ethyl adjacent to an activating group) is 1. The van der Waals surface area contributed by atoms with Crippen molar-refractivity contribution in [3.63, 3.8) is 0 Å². The molecule has 0 saturated carbocycles. The van der Waals surface area contributed by atoms with Crippen LogP contribution in [0.5, 0.6) is 0 Å². The largest absolute Gasteiger partial charge is 0.314 e. The van der Waals surface area contributed by atoms with Gasteiger partial charge in [0.15, 0.2) is 0 Å². The Morgan fingerprint density at radius 2 is 1.40 bits per heavy atom. The third kappa shape index (κ3) is 5.44. The highest BCUT2D eigenvalue weighted by Crippen LogP contribution is 1.98. The molecule has 0 aliphatic carbocycles. The fraction of sp³-hybridized carbons (Fsp3) is 0.455. The molecule has 84 valence electrons. The van der Waals surface area contributed by atoms with Crippen LogP contribution in [0.3, 0.4) is 0 Å². The number of halogens is 2. The third-order valence-corrected chi connectivity index (χ3v) is 2.14. The van der Waals surface area contributed by atoms with Crippen molar-refractivity contribution in [3.8, 4) is 0 Å². The molecule has 1 heterocycles. The Kier molecular flexibility index (Phi) is 5.21. The maximum absolute atomic E-state index is 11.9. The lowest BCUT2D eigenvalue weighted by Gasteiger charge is -2.21. The van der Waals surface area contributed by atoms with Crippen molar-refractivity contribution in [2.75, 3.05) is 33.2 Å². The lowest BCUT2D eigenvalue weighted by molar-refractivity contribution is 0.291. The summed E-state index contributed by atoms with van der Waals surface area (Å²) in [6.07, 6.45) is 0. The van der Waals surface area contributed by atoms with E-state index in [9.17, 15) is 8.78 Å². The molecule has 15 heavy (non-hydrogen) atoms. The molecule has 2 nitrogen and oxygen atoms in total. The normalized spacial score (nSPS) is 16.7. The highest BCUT2D eigenvalue weighted by atomic mass is 19.1. The maximum Gasteiger partial charge on any atom is 0.123 e. The number of nitrogens with zero attached hydrogens (tertiary/aromatic N) is 1. The molecule has 0 unspecified atom stereocenters. The minimum Gasteiger partial charge on any atom is -0.314 e. The van der Waals surface area contributed by atoms with Gasteiger partial charge in [-0.3, -0.25) is 0 Å². The van der Waals surface area contributed by atoms with Gasteiger partial charge >= 0.3 is 0 Å². The standard InChI is InChI=1S/C6H4F2.C5H12N2/c7-5-1-2-6(8)4-3-5;1-7-4-2-6-3-5-7/h1-4H;6H,2-5H2,1H3. The van der Waals surface area contributed by atoms with Crippen LogP contribution in [0, 0.1) is 11.6 Å². The van der Waals surface area contributed by atoms with E-state index in [4.69, 9.17) is 0 Å². The molecule has 1 N–H and O–H groups in total. The summed E-state index contributed by atoms with van der Waals surface area (Å²) in [4.78, 5) is 2.33. The minimum atomic E-state index is -0.411. The van der Waals surface area contributed by atoms with Crippen molar-refractivity contribution < 1.29 is 8.78 Å². The van der Waals surface area contributed by atoms with Gasteiger partial charge in [0.05, 0.1) is 0 Å². The summed E-state index contributed by atoms with van der Waals surface area (Å²) < 4.78 is 23.8. The molecule has 0 bridgehead atoms. The van der Waals surface area contributed by atoms with Crippen LogP contribution in [0.25, 0.3) is 0 Å². The SMILES string of the molecule is CN1CCNCC1.Fc1ccc(F)cc1. The number of benzene rings is 1. The molecule has 2 rings (SSSR count). The van der Waals surface area contributed by atoms with E-state index in [1.165, 1.54) is 13.1 Å². The van der Waals surface area contributed by atoms with Crippen LogP contribution >= 0.6 is 0 Å². The number of piperazine rings is 1. The molecule has 1 aliphatic rings. The van der Waals surface area contributed by atoms with E-state index in [1.54, 1.807) is 0 Å². The van der Waals surface area contributed by atoms with Crippen molar-refractivity contribution in [1.29, 1.82) is 0 Å². The first-order valence-corrected chi connectivity index (χ1v) is 4.99. The van der Waals surface area contributed by atoms with E-state index in [1.807, 2.05) is 0 Å². The second-order valence-corrected chi connectivity index (χ2v) is 3.49. The van der Waals surface area contributed by atoms with Crippen LogP contribution < -0.4 is 5.32 Å². The lowest BCUT2D eigenvalue weighted by Crippen LogP contribution is -2.40. The number of nitrogens with one attached hydrogen (secondary N) is 1. The van der Waals surface area contributed by atoms with Gasteiger partial charge in [0.25, 0.3) is 0 Å². The van der Waals surface area contributed by atoms with Crippen molar-refractivity contribution in [1.82, 2.24) is 10.2 Å². The van der Waals surface area contributed by atoms with Crippen LogP contribution in [0.1, 0.15) is 0 Å². The Hall–Kier alpha value is -1.00. The fourth-order valence-electron chi connectivity index (χ4n) is 1.21. The molecule has 0 amide bonds. The molecular weight excluding hydrogens is 198 g/mol. The van der Waals surface area contributed by atoms with E-state index in [-0.39, 0.29) is 0 Å². The fourth-order valence-corrected chi connectivity index (χ4v) is 1.21. The predicted molar refractivity (Wildman–Crippen MR) is 56.7 cm³/mol. The second-order valence-electron chi connectivity index (χ2n) is 3.49. The second kappa shape index (κ2) is 6.48. The monoisotopic (exact) mass is 214 g/mol. The summed E-state index contributed by atoms with van der Waals surface area (Å²) in [5.41, 5.74) is 0. The lowest BCUT2D eigenvalue weighted by atomic mass is 10.3. The van der Waals surface area contributed by atoms with Crippen molar-refractivity contribution in [2.45, 2.75) is 0 Å². The molecule has 1 aliphatic heterocycles. The van der Waals surface area contributed by atoms with Gasteiger partial charge in [-0.2, -0.15) is 0 Å². The van der Waals surface area contributed by atoms with Gasteiger partial charge in [0, 0.05) is 26.2 Å². The summed E-state index contributed by atoms with van der Waals surface area (Å²) in [5.74, 6) is -0.821. The molecule has 1 aromatic carbocycles. The summed E-state index contributed by atoms with van der Waals surface area (Å²) in [7, 11) is 2.15. The summed E-state index contributed by atoms with van der Waals surface area (Å²) in [6.45, 7) is 4.74. The number of hydrogen-bond acceptors (Lipinski definition) is 2. The Balaban J connectivity index is 0.000000151. The van der Waals surface area contributed by atoms with E-state index in [0.717, 1.165) is 37.4 Å². The molecular formula is C11H16F2N2. The zero-order valence-corrected chi connectivity index (χ0v) is 8.84. The van der Waals surface area contributed by atoms with Gasteiger partial charge in [-0.25, -0.2) is 8.78 Å². The first kappa shape index (κ1) is 12.1. The first-order chi connectivity index (χ1) is 7.18. The van der Waals surface area contributed by atoms with E-state index in [2.05, 4.69) is 17.3 Å². The molecule has 1 fully saturated rings. The van der Waals surface area contributed by atoms with Crippen LogP contribution in [0.2, 0.25) is 0 Å². The average Bonchev–Trinajstić information content (AvgIpc) is 2.25. The zero-order chi connectivity index (χ0) is 11.1. The first-order valence-electron chi connectivity index (χ1n) is 4.99. The van der Waals surface area contributed by atoms with Crippen LogP contribution in [-0.4, -0.2) is 38.1 Å². The Bertz CT molecular complexity index is 247. The number of hydrogen-bond donors (Lipinski definition) is 1. The van der Waals surface area contributed by atoms with Gasteiger partial charge in [-0.05, 0) is 31.3 Å². The molecule has 4 heteroatoms. The van der Waals surface area contributed by atoms with E-state index >= 15 is 0 Å². The van der Waals surface area contributed by atoms with Gasteiger partial charge in [0.2, 0.25) is 0 Å². The molecule has 1 aromatic rings. The highest BCUT2D eigenvalue weighted by molar-refractivity contribution is 5.04. The average molecular weight is 214 g/mol. The highest BCUT2D eigenvalue weighted by Gasteiger charge is 2.01. The van der Waals surface area contributed by atoms with Gasteiger partial charge < -0.3 is 10.2 Å². The summed E-state index contributed by atoms with van der Waals surface area (Å²) in [6, 6.07) is 4.31. The molecule has 0 atom stereocenters. The molecule has 1 saturated heterocycles. The Labute approximate surface area is 88.9 Å². The van der Waals surface area contributed by atoms with E-state index in [0.29, 0.717) is 0 Å².